The van der Waals surface area contributed by atoms with Crippen molar-refractivity contribution in [2.75, 3.05) is 0 Å². The zero-order valence-corrected chi connectivity index (χ0v) is 11.8. The van der Waals surface area contributed by atoms with Crippen molar-refractivity contribution in [2.45, 2.75) is 63.5 Å². The van der Waals surface area contributed by atoms with Crippen LogP contribution in [0.15, 0.2) is 30.3 Å². The number of hydrogen-bond acceptors (Lipinski definition) is 0. The van der Waals surface area contributed by atoms with Crippen molar-refractivity contribution in [3.63, 3.8) is 0 Å². The van der Waals surface area contributed by atoms with Crippen LogP contribution in [-0.2, 0) is 0 Å². The lowest BCUT2D eigenvalue weighted by molar-refractivity contribution is 0.574. The summed E-state index contributed by atoms with van der Waals surface area (Å²) in [6, 6.07) is 10.5. The van der Waals surface area contributed by atoms with Gasteiger partial charge in [-0.1, -0.05) is 94.8 Å². The van der Waals surface area contributed by atoms with E-state index in [0.29, 0.717) is 5.25 Å². The molecule has 95 valence electrons. The van der Waals surface area contributed by atoms with E-state index in [1.165, 1.54) is 50.5 Å². The van der Waals surface area contributed by atoms with E-state index in [2.05, 4.69) is 37.3 Å². The van der Waals surface area contributed by atoms with Crippen LogP contribution >= 0.6 is 12.6 Å². The number of benzene rings is 1. The van der Waals surface area contributed by atoms with Crippen LogP contribution in [0.1, 0.15) is 69.1 Å². The van der Waals surface area contributed by atoms with Crippen molar-refractivity contribution >= 4 is 12.6 Å². The van der Waals surface area contributed by atoms with Crippen molar-refractivity contribution in [3.8, 4) is 0 Å². The van der Waals surface area contributed by atoms with E-state index in [4.69, 9.17) is 12.6 Å². The molecule has 1 unspecified atom stereocenters. The fourth-order valence-electron chi connectivity index (χ4n) is 2.12. The maximum atomic E-state index is 5.52. The second-order valence-corrected chi connectivity index (χ2v) is 5.38. The highest BCUT2D eigenvalue weighted by atomic mass is 32.1. The quantitative estimate of drug-likeness (QED) is 0.466. The minimum Gasteiger partial charge on any atom is -0.0853 e. The van der Waals surface area contributed by atoms with Crippen LogP contribution in [0.5, 0.6) is 0 Å². The molecule has 0 aliphatic rings. The molecule has 1 rings (SSSR count). The molecule has 1 atom stereocenters. The average Bonchev–Trinajstić information content (AvgIpc) is 2.38. The predicted molar refractivity (Wildman–Crippen MR) is 79.4 cm³/mol. The van der Waals surface area contributed by atoms with Gasteiger partial charge in [0.1, 0.15) is 0 Å². The van der Waals surface area contributed by atoms with E-state index >= 15 is 0 Å². The molecule has 0 spiro atoms. The van der Waals surface area contributed by atoms with Crippen molar-refractivity contribution in [2.24, 2.45) is 0 Å². The average molecular weight is 249 g/mol. The minimum absolute atomic E-state index is 0.312. The second-order valence-electron chi connectivity index (χ2n) is 4.81. The Morgan fingerprint density at radius 3 is 2.12 bits per heavy atom. The zero-order valence-electron chi connectivity index (χ0n) is 11.0. The fourth-order valence-corrected chi connectivity index (χ4v) is 2.44. The highest BCUT2D eigenvalue weighted by molar-refractivity contribution is 7.80. The first-order valence-electron chi connectivity index (χ1n) is 7.05. The van der Waals surface area contributed by atoms with Crippen molar-refractivity contribution < 1.29 is 0 Å². The molecule has 0 aliphatic carbocycles. The molecule has 1 radical (unpaired) electrons. The Kier molecular flexibility index (Phi) is 8.25. The molecule has 0 bridgehead atoms. The lowest BCUT2D eigenvalue weighted by Crippen LogP contribution is -1.90. The normalized spacial score (nSPS) is 12.6. The van der Waals surface area contributed by atoms with E-state index in [0.717, 1.165) is 6.42 Å². The van der Waals surface area contributed by atoms with Gasteiger partial charge in [0.25, 0.3) is 0 Å². The zero-order chi connectivity index (χ0) is 12.3. The molecule has 0 amide bonds. The van der Waals surface area contributed by atoms with Gasteiger partial charge in [0.05, 0.1) is 0 Å². The minimum atomic E-state index is 0.312. The molecule has 0 heterocycles. The van der Waals surface area contributed by atoms with Crippen molar-refractivity contribution in [3.05, 3.63) is 35.9 Å². The van der Waals surface area contributed by atoms with Crippen LogP contribution in [0.4, 0.5) is 0 Å². The Bertz CT molecular complexity index is 268. The van der Waals surface area contributed by atoms with E-state index in [1.807, 2.05) is 0 Å². The molecule has 0 fully saturated rings. The van der Waals surface area contributed by atoms with Gasteiger partial charge in [-0.05, 0) is 12.0 Å². The molecule has 1 aromatic carbocycles. The molecular formula is C16H25S. The molecular weight excluding hydrogens is 224 g/mol. The van der Waals surface area contributed by atoms with Gasteiger partial charge in [0.2, 0.25) is 0 Å². The summed E-state index contributed by atoms with van der Waals surface area (Å²) in [5.41, 5.74) is 1.31. The van der Waals surface area contributed by atoms with E-state index in [-0.39, 0.29) is 0 Å². The van der Waals surface area contributed by atoms with Crippen LogP contribution in [0.25, 0.3) is 0 Å². The van der Waals surface area contributed by atoms with Crippen LogP contribution < -0.4 is 0 Å². The first kappa shape index (κ1) is 14.6. The summed E-state index contributed by atoms with van der Waals surface area (Å²) in [5.74, 6) is 0. The van der Waals surface area contributed by atoms with Gasteiger partial charge in [-0.3, -0.25) is 0 Å². The molecule has 1 aromatic rings. The van der Waals surface area contributed by atoms with Gasteiger partial charge < -0.3 is 0 Å². The molecule has 0 nitrogen and oxygen atoms in total. The Labute approximate surface area is 112 Å². The van der Waals surface area contributed by atoms with Crippen LogP contribution in [-0.4, -0.2) is 0 Å². The summed E-state index contributed by atoms with van der Waals surface area (Å²) >= 11 is 5.52. The summed E-state index contributed by atoms with van der Waals surface area (Å²) in [6.45, 7) is 2.27. The SMILES string of the molecule is CCCCCCCCCC([S])c1ccccc1. The molecule has 1 heteroatoms. The van der Waals surface area contributed by atoms with Gasteiger partial charge in [-0.2, -0.15) is 0 Å². The number of hydrogen-bond donors (Lipinski definition) is 0. The largest absolute Gasteiger partial charge is 0.0853 e. The van der Waals surface area contributed by atoms with Crippen LogP contribution in [0.2, 0.25) is 0 Å². The smallest absolute Gasteiger partial charge is 0.0401 e. The molecule has 0 saturated carbocycles. The first-order chi connectivity index (χ1) is 8.34. The van der Waals surface area contributed by atoms with Gasteiger partial charge >= 0.3 is 0 Å². The topological polar surface area (TPSA) is 0 Å². The third-order valence-electron chi connectivity index (χ3n) is 3.24. The van der Waals surface area contributed by atoms with E-state index in [1.54, 1.807) is 0 Å². The van der Waals surface area contributed by atoms with E-state index < -0.39 is 0 Å². The lowest BCUT2D eigenvalue weighted by Gasteiger charge is -2.09. The van der Waals surface area contributed by atoms with Gasteiger partial charge in [-0.25, -0.2) is 0 Å². The summed E-state index contributed by atoms with van der Waals surface area (Å²) in [6.07, 6.45) is 10.7. The van der Waals surface area contributed by atoms with Gasteiger partial charge in [-0.15, -0.1) is 0 Å². The number of unbranched alkanes of at least 4 members (excludes halogenated alkanes) is 6. The molecule has 0 saturated heterocycles. The maximum Gasteiger partial charge on any atom is 0.0401 e. The number of rotatable bonds is 9. The Morgan fingerprint density at radius 2 is 1.47 bits per heavy atom. The molecule has 0 aliphatic heterocycles. The molecule has 0 N–H and O–H groups in total. The highest BCUT2D eigenvalue weighted by Gasteiger charge is 2.05. The van der Waals surface area contributed by atoms with Crippen LogP contribution in [0.3, 0.4) is 0 Å². The lowest BCUT2D eigenvalue weighted by atomic mass is 10.0. The Morgan fingerprint density at radius 1 is 0.882 bits per heavy atom. The third-order valence-corrected chi connectivity index (χ3v) is 3.75. The van der Waals surface area contributed by atoms with Crippen molar-refractivity contribution in [1.29, 1.82) is 0 Å². The first-order valence-corrected chi connectivity index (χ1v) is 7.52. The third kappa shape index (κ3) is 6.78. The van der Waals surface area contributed by atoms with Crippen LogP contribution in [0, 0.1) is 0 Å². The monoisotopic (exact) mass is 249 g/mol. The predicted octanol–water partition coefficient (Wildman–Crippen LogP) is 6.07. The standard InChI is InChI=1S/C16H25S/c1-2-3-4-5-6-7-11-14-16(17)15-12-9-8-10-13-15/h8-10,12-13,16H,2-7,11,14H2,1H3. The fraction of sp³-hybridized carbons (Fsp3) is 0.625. The molecule has 0 aromatic heterocycles. The summed E-state index contributed by atoms with van der Waals surface area (Å²) in [5, 5.41) is 0.312. The van der Waals surface area contributed by atoms with Gasteiger partial charge in [0.15, 0.2) is 0 Å². The summed E-state index contributed by atoms with van der Waals surface area (Å²) in [4.78, 5) is 0. The molecule has 17 heavy (non-hydrogen) atoms. The summed E-state index contributed by atoms with van der Waals surface area (Å²) in [7, 11) is 0. The van der Waals surface area contributed by atoms with Crippen molar-refractivity contribution in [1.82, 2.24) is 0 Å². The highest BCUT2D eigenvalue weighted by Crippen LogP contribution is 2.25. The second kappa shape index (κ2) is 9.58. The van der Waals surface area contributed by atoms with Gasteiger partial charge in [0, 0.05) is 5.25 Å². The maximum absolute atomic E-state index is 5.52. The summed E-state index contributed by atoms with van der Waals surface area (Å²) < 4.78 is 0. The Hall–Kier alpha value is -0.430. The van der Waals surface area contributed by atoms with E-state index in [9.17, 15) is 0 Å². The Balaban J connectivity index is 2.03.